The minimum Gasteiger partial charge on any atom is -0.398 e. The zero-order chi connectivity index (χ0) is 23.3. The molecule has 1 atom stereocenters. The van der Waals surface area contributed by atoms with Crippen molar-refractivity contribution in [2.75, 3.05) is 25.4 Å². The lowest BCUT2D eigenvalue weighted by Gasteiger charge is -2.17. The van der Waals surface area contributed by atoms with Crippen molar-refractivity contribution in [3.8, 4) is 0 Å². The average Bonchev–Trinajstić information content (AvgIpc) is 3.18. The molecule has 172 valence electrons. The summed E-state index contributed by atoms with van der Waals surface area (Å²) in [6, 6.07) is 10.9. The summed E-state index contributed by atoms with van der Waals surface area (Å²) in [4.78, 5) is 26.7. The molecule has 0 aliphatic carbocycles. The molecule has 0 spiro atoms. The van der Waals surface area contributed by atoms with Gasteiger partial charge in [-0.1, -0.05) is 31.2 Å². The van der Waals surface area contributed by atoms with Crippen LogP contribution in [-0.4, -0.2) is 42.4 Å². The van der Waals surface area contributed by atoms with E-state index in [1.165, 1.54) is 11.1 Å². The third-order valence-electron chi connectivity index (χ3n) is 5.51. The van der Waals surface area contributed by atoms with Crippen LogP contribution in [0.1, 0.15) is 40.4 Å². The molecule has 1 aliphatic rings. The lowest BCUT2D eigenvalue weighted by molar-refractivity contribution is -0.137. The van der Waals surface area contributed by atoms with Crippen LogP contribution < -0.4 is 16.4 Å². The van der Waals surface area contributed by atoms with Crippen molar-refractivity contribution in [2.45, 2.75) is 38.5 Å². The number of carbonyl (C=O) groups is 2. The molecule has 9 heteroatoms. The zero-order valence-corrected chi connectivity index (χ0v) is 17.8. The standard InChI is InChI=1S/C23H27F3N4O2/c1-2-15-3-5-16(6-4-15)13-30-10-9-18(14-30)29-21(31)12-28-22(32)19-11-17(23(24,25)26)7-8-20(19)27/h3-8,11,18H,2,9-10,12-14,27H2,1H3,(H,28,32)(H,29,31). The number of rotatable bonds is 7. The van der Waals surface area contributed by atoms with E-state index in [4.69, 9.17) is 5.73 Å². The summed E-state index contributed by atoms with van der Waals surface area (Å²) >= 11 is 0. The summed E-state index contributed by atoms with van der Waals surface area (Å²) in [5.74, 6) is -1.23. The van der Waals surface area contributed by atoms with Crippen molar-refractivity contribution in [3.05, 3.63) is 64.7 Å². The lowest BCUT2D eigenvalue weighted by Crippen LogP contribution is -2.43. The minimum atomic E-state index is -4.59. The molecule has 2 aromatic rings. The molecule has 2 amide bonds. The van der Waals surface area contributed by atoms with Gasteiger partial charge in [-0.15, -0.1) is 0 Å². The summed E-state index contributed by atoms with van der Waals surface area (Å²) in [7, 11) is 0. The van der Waals surface area contributed by atoms with E-state index in [9.17, 15) is 22.8 Å². The fraction of sp³-hybridized carbons (Fsp3) is 0.391. The summed E-state index contributed by atoms with van der Waals surface area (Å²) < 4.78 is 38.6. The quantitative estimate of drug-likeness (QED) is 0.569. The molecule has 1 heterocycles. The molecule has 0 bridgehead atoms. The van der Waals surface area contributed by atoms with Crippen molar-refractivity contribution >= 4 is 17.5 Å². The molecule has 1 aliphatic heterocycles. The molecule has 0 radical (unpaired) electrons. The van der Waals surface area contributed by atoms with Gasteiger partial charge in [-0.05, 0) is 42.2 Å². The highest BCUT2D eigenvalue weighted by molar-refractivity contribution is 6.00. The first-order valence-electron chi connectivity index (χ1n) is 10.5. The predicted octanol–water partition coefficient (Wildman–Crippen LogP) is 2.97. The maximum atomic E-state index is 12.9. The van der Waals surface area contributed by atoms with Gasteiger partial charge in [-0.25, -0.2) is 0 Å². The number of benzene rings is 2. The third-order valence-corrected chi connectivity index (χ3v) is 5.51. The molecule has 0 aromatic heterocycles. The number of aryl methyl sites for hydroxylation is 1. The Morgan fingerprint density at radius 2 is 1.81 bits per heavy atom. The molecule has 3 rings (SSSR count). The number of amides is 2. The molecule has 1 saturated heterocycles. The van der Waals surface area contributed by atoms with Gasteiger partial charge in [-0.2, -0.15) is 13.2 Å². The predicted molar refractivity (Wildman–Crippen MR) is 116 cm³/mol. The monoisotopic (exact) mass is 448 g/mol. The number of nitrogens with two attached hydrogens (primary N) is 1. The Balaban J connectivity index is 1.46. The van der Waals surface area contributed by atoms with E-state index >= 15 is 0 Å². The van der Waals surface area contributed by atoms with Crippen LogP contribution in [0.2, 0.25) is 0 Å². The van der Waals surface area contributed by atoms with Crippen molar-refractivity contribution in [3.63, 3.8) is 0 Å². The van der Waals surface area contributed by atoms with Gasteiger partial charge in [0, 0.05) is 31.4 Å². The normalized spacial score (nSPS) is 16.7. The summed E-state index contributed by atoms with van der Waals surface area (Å²) in [5, 5.41) is 5.21. The minimum absolute atomic E-state index is 0.0482. The SMILES string of the molecule is CCc1ccc(CN2CCC(NC(=O)CNC(=O)c3cc(C(F)(F)F)ccc3N)C2)cc1. The van der Waals surface area contributed by atoms with Gasteiger partial charge in [0.2, 0.25) is 5.91 Å². The van der Waals surface area contributed by atoms with E-state index in [1.807, 2.05) is 0 Å². The molecular weight excluding hydrogens is 421 g/mol. The number of nitrogens with zero attached hydrogens (tertiary/aromatic N) is 1. The Labute approximate surface area is 185 Å². The fourth-order valence-corrected chi connectivity index (χ4v) is 3.70. The number of nitrogens with one attached hydrogen (secondary N) is 2. The van der Waals surface area contributed by atoms with E-state index in [1.54, 1.807) is 0 Å². The van der Waals surface area contributed by atoms with Gasteiger partial charge < -0.3 is 16.4 Å². The van der Waals surface area contributed by atoms with Crippen molar-refractivity contribution in [1.82, 2.24) is 15.5 Å². The van der Waals surface area contributed by atoms with Crippen LogP contribution in [0.15, 0.2) is 42.5 Å². The van der Waals surface area contributed by atoms with E-state index in [-0.39, 0.29) is 23.8 Å². The molecule has 0 saturated carbocycles. The molecule has 32 heavy (non-hydrogen) atoms. The average molecular weight is 448 g/mol. The molecule has 1 unspecified atom stereocenters. The van der Waals surface area contributed by atoms with Crippen LogP contribution in [0.3, 0.4) is 0 Å². The number of hydrogen-bond acceptors (Lipinski definition) is 4. The first kappa shape index (κ1) is 23.6. The van der Waals surface area contributed by atoms with Gasteiger partial charge in [0.05, 0.1) is 17.7 Å². The second-order valence-corrected chi connectivity index (χ2v) is 7.94. The number of nitrogen functional groups attached to an aromatic ring is 1. The third kappa shape index (κ3) is 6.23. The maximum Gasteiger partial charge on any atom is 0.416 e. The van der Waals surface area contributed by atoms with Crippen LogP contribution >= 0.6 is 0 Å². The van der Waals surface area contributed by atoms with Gasteiger partial charge in [-0.3, -0.25) is 14.5 Å². The van der Waals surface area contributed by atoms with Crippen molar-refractivity contribution < 1.29 is 22.8 Å². The lowest BCUT2D eigenvalue weighted by atomic mass is 10.1. The van der Waals surface area contributed by atoms with Crippen molar-refractivity contribution in [2.24, 2.45) is 0 Å². The largest absolute Gasteiger partial charge is 0.416 e. The highest BCUT2D eigenvalue weighted by atomic mass is 19.4. The summed E-state index contributed by atoms with van der Waals surface area (Å²) in [6.45, 7) is 4.09. The van der Waals surface area contributed by atoms with E-state index < -0.39 is 23.6 Å². The maximum absolute atomic E-state index is 12.9. The smallest absolute Gasteiger partial charge is 0.398 e. The first-order chi connectivity index (χ1) is 15.2. The van der Waals surface area contributed by atoms with Crippen molar-refractivity contribution in [1.29, 1.82) is 0 Å². The number of hydrogen-bond donors (Lipinski definition) is 3. The van der Waals surface area contributed by atoms with Crippen LogP contribution in [0.4, 0.5) is 18.9 Å². The Kier molecular flexibility index (Phi) is 7.40. The number of anilines is 1. The Morgan fingerprint density at radius 3 is 2.47 bits per heavy atom. The molecule has 6 nitrogen and oxygen atoms in total. The number of halogens is 3. The summed E-state index contributed by atoms with van der Waals surface area (Å²) in [5.41, 5.74) is 6.75. The van der Waals surface area contributed by atoms with E-state index in [0.29, 0.717) is 12.6 Å². The molecule has 4 N–H and O–H groups in total. The Bertz CT molecular complexity index is 961. The Morgan fingerprint density at radius 1 is 1.12 bits per heavy atom. The first-order valence-corrected chi connectivity index (χ1v) is 10.5. The van der Waals surface area contributed by atoms with Gasteiger partial charge >= 0.3 is 6.18 Å². The second kappa shape index (κ2) is 10.0. The highest BCUT2D eigenvalue weighted by Crippen LogP contribution is 2.31. The molecular formula is C23H27F3N4O2. The highest BCUT2D eigenvalue weighted by Gasteiger charge is 2.31. The van der Waals surface area contributed by atoms with Crippen LogP contribution in [0.25, 0.3) is 0 Å². The number of alkyl halides is 3. The van der Waals surface area contributed by atoms with Crippen LogP contribution in [-0.2, 0) is 23.9 Å². The second-order valence-electron chi connectivity index (χ2n) is 7.94. The van der Waals surface area contributed by atoms with Gasteiger partial charge in [0.25, 0.3) is 5.91 Å². The van der Waals surface area contributed by atoms with Crippen LogP contribution in [0, 0.1) is 0 Å². The number of likely N-dealkylation sites (tertiary alicyclic amines) is 1. The number of carbonyl (C=O) groups excluding carboxylic acids is 2. The van der Waals surface area contributed by atoms with Gasteiger partial charge in [0.15, 0.2) is 0 Å². The topological polar surface area (TPSA) is 87.5 Å². The molecule has 1 fully saturated rings. The van der Waals surface area contributed by atoms with Crippen LogP contribution in [0.5, 0.6) is 0 Å². The summed E-state index contributed by atoms with van der Waals surface area (Å²) in [6.07, 6.45) is -2.81. The van der Waals surface area contributed by atoms with E-state index in [0.717, 1.165) is 38.1 Å². The van der Waals surface area contributed by atoms with Gasteiger partial charge in [0.1, 0.15) is 0 Å². The van der Waals surface area contributed by atoms with E-state index in [2.05, 4.69) is 46.7 Å². The fourth-order valence-electron chi connectivity index (χ4n) is 3.70. The zero-order valence-electron chi connectivity index (χ0n) is 17.8. The Hall–Kier alpha value is -3.07. The molecule has 2 aromatic carbocycles.